The number of benzene rings is 1. The number of rotatable bonds is 3. The molecule has 5 N–H and O–H groups in total. The van der Waals surface area contributed by atoms with Crippen LogP contribution in [0.5, 0.6) is 0 Å². The van der Waals surface area contributed by atoms with Gasteiger partial charge in [0, 0.05) is 12.1 Å². The minimum absolute atomic E-state index is 0.131. The average Bonchev–Trinajstić information content (AvgIpc) is 3.30. The standard InChI is InChI=1S/C18H20N8/c19-11-5-1-2-6-12(11)23-18-24-16-15(20-9-21-16)17(25-18)26-10-22-13-7-3-4-8-14(13)26/h3-4,7-12H,1-2,5-6,19H2,(H2,20,21,23,24,25)/p+1. The summed E-state index contributed by atoms with van der Waals surface area (Å²) in [6, 6.07) is 8.44. The maximum absolute atomic E-state index is 6.28. The van der Waals surface area contributed by atoms with Crippen LogP contribution >= 0.6 is 0 Å². The first-order valence-corrected chi connectivity index (χ1v) is 9.01. The predicted octanol–water partition coefficient (Wildman–Crippen LogP) is 1.79. The molecule has 1 aliphatic carbocycles. The Bertz CT molecular complexity index is 1070. The average molecular weight is 349 g/mol. The number of nitrogens with one attached hydrogen (secondary N) is 3. The van der Waals surface area contributed by atoms with Crippen LogP contribution in [0.25, 0.3) is 28.0 Å². The van der Waals surface area contributed by atoms with Crippen LogP contribution < -0.4 is 15.6 Å². The second-order valence-corrected chi connectivity index (χ2v) is 6.83. The highest BCUT2D eigenvalue weighted by molar-refractivity contribution is 5.79. The minimum Gasteiger partial charge on any atom is -0.338 e. The van der Waals surface area contributed by atoms with Crippen molar-refractivity contribution in [2.75, 3.05) is 5.32 Å². The summed E-state index contributed by atoms with van der Waals surface area (Å²) in [6.07, 6.45) is 8.00. The van der Waals surface area contributed by atoms with Crippen molar-refractivity contribution < 1.29 is 4.57 Å². The maximum atomic E-state index is 6.28. The first kappa shape index (κ1) is 15.3. The van der Waals surface area contributed by atoms with Crippen LogP contribution in [-0.4, -0.2) is 37.0 Å². The number of aromatic amines is 2. The first-order chi connectivity index (χ1) is 12.8. The second-order valence-electron chi connectivity index (χ2n) is 6.83. The van der Waals surface area contributed by atoms with Gasteiger partial charge in [-0.1, -0.05) is 30.0 Å². The highest BCUT2D eigenvalue weighted by Gasteiger charge is 2.26. The van der Waals surface area contributed by atoms with Crippen LogP contribution in [0.4, 0.5) is 5.95 Å². The molecule has 3 heterocycles. The van der Waals surface area contributed by atoms with Gasteiger partial charge in [0.2, 0.25) is 0 Å². The van der Waals surface area contributed by atoms with E-state index in [4.69, 9.17) is 10.7 Å². The summed E-state index contributed by atoms with van der Waals surface area (Å²) in [6.45, 7) is 0. The van der Waals surface area contributed by atoms with Crippen LogP contribution in [0.2, 0.25) is 0 Å². The van der Waals surface area contributed by atoms with Gasteiger partial charge < -0.3 is 16.0 Å². The van der Waals surface area contributed by atoms with Crippen molar-refractivity contribution in [3.63, 3.8) is 0 Å². The van der Waals surface area contributed by atoms with E-state index in [0.717, 1.165) is 35.2 Å². The molecule has 1 saturated carbocycles. The van der Waals surface area contributed by atoms with Gasteiger partial charge in [-0.05, 0) is 25.0 Å². The van der Waals surface area contributed by atoms with Gasteiger partial charge in [-0.25, -0.2) is 4.98 Å². The van der Waals surface area contributed by atoms with Crippen molar-refractivity contribution >= 4 is 28.1 Å². The quantitative estimate of drug-likeness (QED) is 0.421. The Labute approximate surface area is 149 Å². The lowest BCUT2D eigenvalue weighted by Crippen LogP contribution is -2.43. The van der Waals surface area contributed by atoms with Gasteiger partial charge in [0.25, 0.3) is 5.82 Å². The first-order valence-electron chi connectivity index (χ1n) is 9.01. The third kappa shape index (κ3) is 2.50. The van der Waals surface area contributed by atoms with E-state index in [1.165, 1.54) is 12.8 Å². The molecule has 1 fully saturated rings. The fourth-order valence-corrected chi connectivity index (χ4v) is 3.75. The normalized spacial score (nSPS) is 20.7. The summed E-state index contributed by atoms with van der Waals surface area (Å²) in [5.74, 6) is 1.33. The Hall–Kier alpha value is -3.00. The number of aromatic nitrogens is 6. The predicted molar refractivity (Wildman–Crippen MR) is 98.9 cm³/mol. The molecule has 0 radical (unpaired) electrons. The Balaban J connectivity index is 1.61. The lowest BCUT2D eigenvalue weighted by Gasteiger charge is -2.28. The molecule has 3 aromatic heterocycles. The fraction of sp³-hybridized carbons (Fsp3) is 0.333. The summed E-state index contributed by atoms with van der Waals surface area (Å²) in [7, 11) is 0. The maximum Gasteiger partial charge on any atom is 0.302 e. The highest BCUT2D eigenvalue weighted by Crippen LogP contribution is 2.22. The summed E-state index contributed by atoms with van der Waals surface area (Å²) >= 11 is 0. The number of fused-ring (bicyclic) bond motifs is 2. The van der Waals surface area contributed by atoms with Crippen molar-refractivity contribution in [3.05, 3.63) is 36.9 Å². The van der Waals surface area contributed by atoms with E-state index in [9.17, 15) is 0 Å². The third-order valence-electron chi connectivity index (χ3n) is 5.14. The zero-order valence-corrected chi connectivity index (χ0v) is 14.3. The minimum atomic E-state index is 0.131. The summed E-state index contributed by atoms with van der Waals surface area (Å²) in [5.41, 5.74) is 9.81. The Morgan fingerprint density at radius 3 is 2.92 bits per heavy atom. The molecule has 0 bridgehead atoms. The van der Waals surface area contributed by atoms with Crippen molar-refractivity contribution in [1.29, 1.82) is 0 Å². The number of para-hydroxylation sites is 2. The number of imidazole rings is 2. The Kier molecular flexibility index (Phi) is 3.56. The Morgan fingerprint density at radius 1 is 1.12 bits per heavy atom. The molecule has 0 spiro atoms. The van der Waals surface area contributed by atoms with Crippen molar-refractivity contribution in [1.82, 2.24) is 24.9 Å². The van der Waals surface area contributed by atoms with E-state index in [1.807, 2.05) is 29.1 Å². The number of hydrogen-bond acceptors (Lipinski definition) is 5. The molecule has 2 unspecified atom stereocenters. The molecular formula is C18H21N8+. The van der Waals surface area contributed by atoms with Gasteiger partial charge in [-0.3, -0.25) is 4.98 Å². The molecule has 8 nitrogen and oxygen atoms in total. The van der Waals surface area contributed by atoms with Gasteiger partial charge in [0.15, 0.2) is 17.5 Å². The molecule has 4 aromatic rings. The third-order valence-corrected chi connectivity index (χ3v) is 5.14. The summed E-state index contributed by atoms with van der Waals surface area (Å²) in [5, 5.41) is 3.44. The van der Waals surface area contributed by atoms with Gasteiger partial charge >= 0.3 is 5.95 Å². The molecule has 5 rings (SSSR count). The van der Waals surface area contributed by atoms with E-state index in [1.54, 1.807) is 6.33 Å². The van der Waals surface area contributed by atoms with E-state index < -0.39 is 0 Å². The topological polar surface area (TPSA) is 112 Å². The highest BCUT2D eigenvalue weighted by atomic mass is 15.2. The molecule has 0 amide bonds. The number of nitrogens with zero attached hydrogens (tertiary/aromatic N) is 4. The van der Waals surface area contributed by atoms with Crippen LogP contribution in [0, 0.1) is 0 Å². The van der Waals surface area contributed by atoms with Crippen LogP contribution in [0.1, 0.15) is 25.7 Å². The smallest absolute Gasteiger partial charge is 0.302 e. The monoisotopic (exact) mass is 349 g/mol. The van der Waals surface area contributed by atoms with Gasteiger partial charge in [-0.2, -0.15) is 9.55 Å². The summed E-state index contributed by atoms with van der Waals surface area (Å²) < 4.78 is 2.02. The molecule has 1 aliphatic rings. The fourth-order valence-electron chi connectivity index (χ4n) is 3.75. The number of nitrogens with two attached hydrogens (primary N) is 1. The van der Waals surface area contributed by atoms with Crippen molar-refractivity contribution in [2.24, 2.45) is 5.73 Å². The van der Waals surface area contributed by atoms with Crippen LogP contribution in [0.15, 0.2) is 36.9 Å². The van der Waals surface area contributed by atoms with Crippen LogP contribution in [0.3, 0.4) is 0 Å². The number of anilines is 1. The molecule has 0 saturated heterocycles. The van der Waals surface area contributed by atoms with Gasteiger partial charge in [-0.15, -0.1) is 0 Å². The molecule has 0 aliphatic heterocycles. The van der Waals surface area contributed by atoms with Crippen molar-refractivity contribution in [3.8, 4) is 5.82 Å². The Morgan fingerprint density at radius 2 is 2.00 bits per heavy atom. The van der Waals surface area contributed by atoms with E-state index in [0.29, 0.717) is 11.6 Å². The van der Waals surface area contributed by atoms with Gasteiger partial charge in [0.05, 0.1) is 6.33 Å². The SMILES string of the molecule is NC1CCCCC1Nc1nc(-[n+]2c[nH]c3ccccc32)c2[nH]cnc2n1. The van der Waals surface area contributed by atoms with Crippen LogP contribution in [-0.2, 0) is 0 Å². The zero-order valence-electron chi connectivity index (χ0n) is 14.3. The lowest BCUT2D eigenvalue weighted by atomic mass is 9.91. The summed E-state index contributed by atoms with van der Waals surface area (Å²) in [4.78, 5) is 20.1. The molecule has 1 aromatic carbocycles. The molecule has 26 heavy (non-hydrogen) atoms. The zero-order chi connectivity index (χ0) is 17.5. The number of hydrogen-bond donors (Lipinski definition) is 4. The van der Waals surface area contributed by atoms with E-state index in [2.05, 4.69) is 31.3 Å². The molecule has 132 valence electrons. The molecular weight excluding hydrogens is 328 g/mol. The lowest BCUT2D eigenvalue weighted by molar-refractivity contribution is -0.569. The van der Waals surface area contributed by atoms with Gasteiger partial charge in [0.1, 0.15) is 11.0 Å². The largest absolute Gasteiger partial charge is 0.338 e. The van der Waals surface area contributed by atoms with Crippen molar-refractivity contribution in [2.45, 2.75) is 37.8 Å². The molecule has 8 heteroatoms. The van der Waals surface area contributed by atoms with E-state index >= 15 is 0 Å². The van der Waals surface area contributed by atoms with E-state index in [-0.39, 0.29) is 12.1 Å². The second kappa shape index (κ2) is 6.06. The number of H-pyrrole nitrogens is 2. The molecule has 2 atom stereocenters.